The fourth-order valence-corrected chi connectivity index (χ4v) is 3.17. The molecule has 1 heterocycles. The first-order chi connectivity index (χ1) is 9.93. The highest BCUT2D eigenvalue weighted by atomic mass is 16.6. The molecule has 1 aromatic heterocycles. The van der Waals surface area contributed by atoms with Crippen LogP contribution in [0.5, 0.6) is 0 Å². The molecule has 118 valence electrons. The Labute approximate surface area is 126 Å². The average molecular weight is 294 g/mol. The van der Waals surface area contributed by atoms with E-state index >= 15 is 0 Å². The van der Waals surface area contributed by atoms with Crippen LogP contribution in [-0.4, -0.2) is 20.7 Å². The van der Waals surface area contributed by atoms with E-state index in [4.69, 9.17) is 0 Å². The summed E-state index contributed by atoms with van der Waals surface area (Å²) in [6, 6.07) is 0.321. The third-order valence-electron chi connectivity index (χ3n) is 4.54. The van der Waals surface area contributed by atoms with Gasteiger partial charge in [-0.2, -0.15) is 5.10 Å². The van der Waals surface area contributed by atoms with Gasteiger partial charge in [0.05, 0.1) is 4.92 Å². The van der Waals surface area contributed by atoms with E-state index in [9.17, 15) is 10.1 Å². The Balaban J connectivity index is 2.18. The monoisotopic (exact) mass is 294 g/mol. The summed E-state index contributed by atoms with van der Waals surface area (Å²) in [5.41, 5.74) is 0.706. The van der Waals surface area contributed by atoms with E-state index in [0.29, 0.717) is 17.6 Å². The molecule has 0 aromatic carbocycles. The van der Waals surface area contributed by atoms with Crippen LogP contribution in [0.25, 0.3) is 0 Å². The number of nitro groups is 1. The molecule has 1 aromatic rings. The summed E-state index contributed by atoms with van der Waals surface area (Å²) in [6.07, 6.45) is 5.81. The maximum atomic E-state index is 11.4. The first kappa shape index (κ1) is 15.8. The molecule has 2 rings (SSSR count). The normalized spacial score (nSPS) is 22.5. The molecule has 0 unspecified atom stereocenters. The Morgan fingerprint density at radius 1 is 1.38 bits per heavy atom. The topological polar surface area (TPSA) is 73.0 Å². The molecule has 0 aliphatic heterocycles. The lowest BCUT2D eigenvalue weighted by Crippen LogP contribution is -2.27. The zero-order valence-electron chi connectivity index (χ0n) is 13.4. The summed E-state index contributed by atoms with van der Waals surface area (Å²) < 4.78 is 1.62. The van der Waals surface area contributed by atoms with Crippen molar-refractivity contribution in [3.05, 3.63) is 15.8 Å². The smallest absolute Gasteiger partial charge is 0.334 e. The van der Waals surface area contributed by atoms with Gasteiger partial charge in [0.25, 0.3) is 0 Å². The fraction of sp³-hybridized carbons (Fsp3) is 0.800. The second-order valence-electron chi connectivity index (χ2n) is 6.39. The quantitative estimate of drug-likeness (QED) is 0.661. The number of rotatable bonds is 5. The van der Waals surface area contributed by atoms with Crippen LogP contribution < -0.4 is 5.32 Å². The zero-order valence-corrected chi connectivity index (χ0v) is 13.4. The predicted octanol–water partition coefficient (Wildman–Crippen LogP) is 3.83. The molecule has 1 N–H and O–H groups in total. The first-order valence-electron chi connectivity index (χ1n) is 7.91. The molecule has 0 spiro atoms. The van der Waals surface area contributed by atoms with Gasteiger partial charge in [-0.05, 0) is 31.6 Å². The third-order valence-corrected chi connectivity index (χ3v) is 4.54. The molecule has 1 fully saturated rings. The maximum absolute atomic E-state index is 11.4. The molecule has 21 heavy (non-hydrogen) atoms. The highest BCUT2D eigenvalue weighted by Gasteiger charge is 2.30. The molecule has 0 amide bonds. The van der Waals surface area contributed by atoms with Crippen LogP contribution in [0.3, 0.4) is 0 Å². The number of nitrogens with one attached hydrogen (secondary N) is 1. The Hall–Kier alpha value is -1.59. The Bertz CT molecular complexity index is 502. The van der Waals surface area contributed by atoms with Gasteiger partial charge in [0.2, 0.25) is 5.82 Å². The SMILES string of the molecule is CCC1CCC(Nc2c([N+](=O)[O-])c(C(C)C)nn2C)CC1. The van der Waals surface area contributed by atoms with E-state index in [1.54, 1.807) is 11.7 Å². The van der Waals surface area contributed by atoms with Crippen molar-refractivity contribution < 1.29 is 4.92 Å². The Morgan fingerprint density at radius 2 is 2.00 bits per heavy atom. The molecule has 6 heteroatoms. The van der Waals surface area contributed by atoms with Crippen LogP contribution in [-0.2, 0) is 7.05 Å². The lowest BCUT2D eigenvalue weighted by Gasteiger charge is -2.28. The van der Waals surface area contributed by atoms with Gasteiger partial charge in [0, 0.05) is 19.0 Å². The van der Waals surface area contributed by atoms with Crippen molar-refractivity contribution in [3.8, 4) is 0 Å². The van der Waals surface area contributed by atoms with Gasteiger partial charge in [-0.3, -0.25) is 10.1 Å². The first-order valence-corrected chi connectivity index (χ1v) is 7.91. The number of hydrogen-bond donors (Lipinski definition) is 1. The highest BCUT2D eigenvalue weighted by molar-refractivity contribution is 5.61. The number of aromatic nitrogens is 2. The number of hydrogen-bond acceptors (Lipinski definition) is 4. The predicted molar refractivity (Wildman–Crippen MR) is 83.6 cm³/mol. The van der Waals surface area contributed by atoms with Crippen molar-refractivity contribution >= 4 is 11.5 Å². The molecule has 0 saturated heterocycles. The van der Waals surface area contributed by atoms with Gasteiger partial charge in [-0.25, -0.2) is 4.68 Å². The van der Waals surface area contributed by atoms with Crippen molar-refractivity contribution in [1.82, 2.24) is 9.78 Å². The summed E-state index contributed by atoms with van der Waals surface area (Å²) in [5, 5.41) is 19.1. The van der Waals surface area contributed by atoms with Gasteiger partial charge >= 0.3 is 5.69 Å². The van der Waals surface area contributed by atoms with E-state index in [2.05, 4.69) is 17.3 Å². The standard InChI is InChI=1S/C15H26N4O2/c1-5-11-6-8-12(9-7-11)16-15-14(19(20)21)13(10(2)3)17-18(15)4/h10-12,16H,5-9H2,1-4H3. The van der Waals surface area contributed by atoms with Gasteiger partial charge in [0.15, 0.2) is 0 Å². The van der Waals surface area contributed by atoms with Gasteiger partial charge < -0.3 is 5.32 Å². The van der Waals surface area contributed by atoms with Crippen molar-refractivity contribution in [2.75, 3.05) is 5.32 Å². The molecule has 1 aliphatic rings. The molecule has 0 bridgehead atoms. The lowest BCUT2D eigenvalue weighted by molar-refractivity contribution is -0.384. The van der Waals surface area contributed by atoms with Crippen LogP contribution >= 0.6 is 0 Å². The molecular formula is C15H26N4O2. The third kappa shape index (κ3) is 3.36. The Morgan fingerprint density at radius 3 is 2.48 bits per heavy atom. The fourth-order valence-electron chi connectivity index (χ4n) is 3.17. The highest BCUT2D eigenvalue weighted by Crippen LogP contribution is 2.35. The second-order valence-corrected chi connectivity index (χ2v) is 6.39. The van der Waals surface area contributed by atoms with Crippen LogP contribution in [0.15, 0.2) is 0 Å². The molecule has 0 atom stereocenters. The van der Waals surface area contributed by atoms with E-state index in [1.807, 2.05) is 13.8 Å². The second kappa shape index (κ2) is 6.45. The van der Waals surface area contributed by atoms with E-state index < -0.39 is 0 Å². The summed E-state index contributed by atoms with van der Waals surface area (Å²) >= 11 is 0. The van der Waals surface area contributed by atoms with Gasteiger partial charge in [0.1, 0.15) is 5.69 Å². The number of anilines is 1. The summed E-state index contributed by atoms with van der Waals surface area (Å²) in [7, 11) is 1.78. The minimum Gasteiger partial charge on any atom is -0.362 e. The van der Waals surface area contributed by atoms with Crippen molar-refractivity contribution in [1.29, 1.82) is 0 Å². The van der Waals surface area contributed by atoms with Crippen LogP contribution in [0, 0.1) is 16.0 Å². The molecule has 6 nitrogen and oxygen atoms in total. The van der Waals surface area contributed by atoms with E-state index in [0.717, 1.165) is 18.8 Å². The summed E-state index contributed by atoms with van der Waals surface area (Å²) in [5.74, 6) is 1.42. The summed E-state index contributed by atoms with van der Waals surface area (Å²) in [4.78, 5) is 11.1. The number of aryl methyl sites for hydroxylation is 1. The Kier molecular flexibility index (Phi) is 4.85. The molecule has 0 radical (unpaired) electrons. The maximum Gasteiger partial charge on any atom is 0.334 e. The zero-order chi connectivity index (χ0) is 15.6. The minimum absolute atomic E-state index is 0.0444. The molecule has 1 aliphatic carbocycles. The molecule has 1 saturated carbocycles. The van der Waals surface area contributed by atoms with Crippen molar-refractivity contribution in [3.63, 3.8) is 0 Å². The van der Waals surface area contributed by atoms with Crippen LogP contribution in [0.4, 0.5) is 11.5 Å². The summed E-state index contributed by atoms with van der Waals surface area (Å²) in [6.45, 7) is 6.11. The van der Waals surface area contributed by atoms with Gasteiger partial charge in [-0.15, -0.1) is 0 Å². The van der Waals surface area contributed by atoms with Crippen LogP contribution in [0.2, 0.25) is 0 Å². The lowest BCUT2D eigenvalue weighted by atomic mass is 9.84. The van der Waals surface area contributed by atoms with Gasteiger partial charge in [-0.1, -0.05) is 27.2 Å². The van der Waals surface area contributed by atoms with E-state index in [1.165, 1.54) is 19.3 Å². The number of nitrogens with zero attached hydrogens (tertiary/aromatic N) is 3. The van der Waals surface area contributed by atoms with E-state index in [-0.39, 0.29) is 16.5 Å². The molecular weight excluding hydrogens is 268 g/mol. The van der Waals surface area contributed by atoms with Crippen LogP contribution in [0.1, 0.15) is 64.5 Å². The largest absolute Gasteiger partial charge is 0.362 e. The van der Waals surface area contributed by atoms with Crippen molar-refractivity contribution in [2.45, 2.75) is 64.8 Å². The van der Waals surface area contributed by atoms with Crippen molar-refractivity contribution in [2.24, 2.45) is 13.0 Å². The average Bonchev–Trinajstić information content (AvgIpc) is 2.77. The minimum atomic E-state index is -0.303.